The number of morpholine rings is 1. The van der Waals surface area contributed by atoms with Crippen molar-refractivity contribution in [1.82, 2.24) is 35.5 Å². The first kappa shape index (κ1) is 15.7. The summed E-state index contributed by atoms with van der Waals surface area (Å²) in [5.74, 6) is 1.40. The first-order valence-electron chi connectivity index (χ1n) is 8.37. The molecule has 0 aliphatic carbocycles. The van der Waals surface area contributed by atoms with Crippen molar-refractivity contribution >= 4 is 16.9 Å². The zero-order chi connectivity index (χ0) is 17.2. The van der Waals surface area contributed by atoms with Gasteiger partial charge in [-0.25, -0.2) is 4.98 Å². The van der Waals surface area contributed by atoms with Crippen LogP contribution in [0.15, 0.2) is 18.2 Å². The molecule has 1 saturated heterocycles. The van der Waals surface area contributed by atoms with E-state index in [2.05, 4.69) is 37.5 Å². The van der Waals surface area contributed by atoms with Crippen molar-refractivity contribution in [3.8, 4) is 0 Å². The van der Waals surface area contributed by atoms with E-state index in [1.807, 2.05) is 0 Å². The van der Waals surface area contributed by atoms with Crippen molar-refractivity contribution in [2.24, 2.45) is 0 Å². The van der Waals surface area contributed by atoms with Crippen LogP contribution in [0.3, 0.4) is 0 Å². The average Bonchev–Trinajstić information content (AvgIpc) is 3.30. The molecule has 0 unspecified atom stereocenters. The zero-order valence-corrected chi connectivity index (χ0v) is 13.9. The highest BCUT2D eigenvalue weighted by Gasteiger charge is 2.28. The Morgan fingerprint density at radius 1 is 1.32 bits per heavy atom. The highest BCUT2D eigenvalue weighted by atomic mass is 16.5. The van der Waals surface area contributed by atoms with Gasteiger partial charge in [-0.2, -0.15) is 20.5 Å². The number of ether oxygens (including phenoxy) is 1. The van der Waals surface area contributed by atoms with E-state index in [0.717, 1.165) is 24.2 Å². The van der Waals surface area contributed by atoms with Crippen molar-refractivity contribution in [1.29, 1.82) is 0 Å². The number of benzene rings is 1. The second-order valence-corrected chi connectivity index (χ2v) is 6.03. The quantitative estimate of drug-likeness (QED) is 0.738. The number of nitrogens with zero attached hydrogens (tertiary/aromatic N) is 5. The normalized spacial score (nSPS) is 18.0. The summed E-state index contributed by atoms with van der Waals surface area (Å²) in [6, 6.07) is 5.30. The molecule has 1 atom stereocenters. The van der Waals surface area contributed by atoms with Crippen LogP contribution in [0.25, 0.3) is 11.0 Å². The summed E-state index contributed by atoms with van der Waals surface area (Å²) >= 11 is 0. The van der Waals surface area contributed by atoms with E-state index < -0.39 is 0 Å². The van der Waals surface area contributed by atoms with Gasteiger partial charge in [0.1, 0.15) is 23.0 Å². The van der Waals surface area contributed by atoms with Crippen LogP contribution in [0.4, 0.5) is 0 Å². The standard InChI is InChI=1S/C16H19N7O2/c1-2-3-14-17-15(21-20-14)13-9-23(6-7-25-13)16(24)10-4-5-11-12(8-10)19-22-18-11/h4-5,8,13H,2-3,6-7,9H2,1H3,(H,17,20,21)(H,18,19,22)/t13-/m0/s1. The largest absolute Gasteiger partial charge is 0.366 e. The molecule has 25 heavy (non-hydrogen) atoms. The lowest BCUT2D eigenvalue weighted by molar-refractivity contribution is -0.0266. The maximum absolute atomic E-state index is 12.8. The maximum atomic E-state index is 12.8. The molecule has 130 valence electrons. The molecule has 3 heterocycles. The Balaban J connectivity index is 1.50. The van der Waals surface area contributed by atoms with Gasteiger partial charge in [-0.3, -0.25) is 9.89 Å². The number of hydrogen-bond acceptors (Lipinski definition) is 6. The molecule has 0 radical (unpaired) electrons. The summed E-state index contributed by atoms with van der Waals surface area (Å²) in [6.07, 6.45) is 1.53. The molecule has 1 aromatic carbocycles. The number of carbonyl (C=O) groups is 1. The molecule has 9 heteroatoms. The van der Waals surface area contributed by atoms with Gasteiger partial charge in [-0.1, -0.05) is 6.92 Å². The van der Waals surface area contributed by atoms with E-state index in [9.17, 15) is 4.79 Å². The summed E-state index contributed by atoms with van der Waals surface area (Å²) in [7, 11) is 0. The fourth-order valence-corrected chi connectivity index (χ4v) is 2.95. The van der Waals surface area contributed by atoms with Gasteiger partial charge in [-0.05, 0) is 24.6 Å². The van der Waals surface area contributed by atoms with Gasteiger partial charge in [-0.15, -0.1) is 0 Å². The fourth-order valence-electron chi connectivity index (χ4n) is 2.95. The minimum atomic E-state index is -0.310. The van der Waals surface area contributed by atoms with Gasteiger partial charge < -0.3 is 9.64 Å². The Morgan fingerprint density at radius 2 is 2.20 bits per heavy atom. The number of hydrogen-bond donors (Lipinski definition) is 2. The van der Waals surface area contributed by atoms with Gasteiger partial charge in [0.2, 0.25) is 0 Å². The maximum Gasteiger partial charge on any atom is 0.254 e. The molecule has 0 bridgehead atoms. The van der Waals surface area contributed by atoms with E-state index in [1.54, 1.807) is 23.1 Å². The highest BCUT2D eigenvalue weighted by molar-refractivity contribution is 5.97. The number of fused-ring (bicyclic) bond motifs is 1. The van der Waals surface area contributed by atoms with Gasteiger partial charge in [0.15, 0.2) is 5.82 Å². The predicted molar refractivity (Wildman–Crippen MR) is 88.9 cm³/mol. The van der Waals surface area contributed by atoms with Crippen LogP contribution >= 0.6 is 0 Å². The van der Waals surface area contributed by atoms with E-state index in [-0.39, 0.29) is 12.0 Å². The number of aromatic amines is 2. The summed E-state index contributed by atoms with van der Waals surface area (Å²) < 4.78 is 5.76. The molecule has 2 N–H and O–H groups in total. The van der Waals surface area contributed by atoms with Crippen molar-refractivity contribution in [3.05, 3.63) is 35.4 Å². The molecule has 1 fully saturated rings. The van der Waals surface area contributed by atoms with Crippen LogP contribution in [-0.2, 0) is 11.2 Å². The van der Waals surface area contributed by atoms with Crippen LogP contribution in [0.2, 0.25) is 0 Å². The van der Waals surface area contributed by atoms with Crippen LogP contribution < -0.4 is 0 Å². The van der Waals surface area contributed by atoms with Crippen LogP contribution in [-0.4, -0.2) is 61.1 Å². The molecule has 0 saturated carbocycles. The molecule has 1 amide bonds. The number of aromatic nitrogens is 6. The third-order valence-corrected chi connectivity index (χ3v) is 4.24. The average molecular weight is 341 g/mol. The smallest absolute Gasteiger partial charge is 0.254 e. The number of amides is 1. The predicted octanol–water partition coefficient (Wildman–Crippen LogP) is 1.24. The lowest BCUT2D eigenvalue weighted by atomic mass is 10.1. The first-order chi connectivity index (χ1) is 12.2. The van der Waals surface area contributed by atoms with Crippen LogP contribution in [0.5, 0.6) is 0 Å². The summed E-state index contributed by atoms with van der Waals surface area (Å²) in [6.45, 7) is 3.52. The molecular weight excluding hydrogens is 322 g/mol. The number of carbonyl (C=O) groups excluding carboxylic acids is 1. The third-order valence-electron chi connectivity index (χ3n) is 4.24. The Morgan fingerprint density at radius 3 is 3.08 bits per heavy atom. The minimum Gasteiger partial charge on any atom is -0.366 e. The van der Waals surface area contributed by atoms with E-state index in [4.69, 9.17) is 4.74 Å². The monoisotopic (exact) mass is 341 g/mol. The molecule has 4 rings (SSSR count). The lowest BCUT2D eigenvalue weighted by Gasteiger charge is -2.31. The molecule has 0 spiro atoms. The molecule has 3 aromatic rings. The Kier molecular flexibility index (Phi) is 4.14. The summed E-state index contributed by atoms with van der Waals surface area (Å²) in [4.78, 5) is 19.1. The Labute approximate surface area is 143 Å². The van der Waals surface area contributed by atoms with Crippen LogP contribution in [0.1, 0.15) is 41.5 Å². The molecule has 2 aromatic heterocycles. The molecule has 1 aliphatic heterocycles. The number of rotatable bonds is 4. The number of nitrogens with one attached hydrogen (secondary N) is 2. The lowest BCUT2D eigenvalue weighted by Crippen LogP contribution is -2.42. The summed E-state index contributed by atoms with van der Waals surface area (Å²) in [5, 5.41) is 17.8. The minimum absolute atomic E-state index is 0.0532. The second kappa shape index (κ2) is 6.60. The Hall–Kier alpha value is -2.81. The molecule has 9 nitrogen and oxygen atoms in total. The van der Waals surface area contributed by atoms with Gasteiger partial charge in [0.05, 0.1) is 13.2 Å². The first-order valence-corrected chi connectivity index (χ1v) is 8.37. The van der Waals surface area contributed by atoms with E-state index in [0.29, 0.717) is 36.6 Å². The van der Waals surface area contributed by atoms with Crippen molar-refractivity contribution in [3.63, 3.8) is 0 Å². The SMILES string of the molecule is CCCc1nc([C@@H]2CN(C(=O)c3ccc4n[nH]nc4c3)CCO2)n[nH]1. The fraction of sp³-hybridized carbons (Fsp3) is 0.438. The third kappa shape index (κ3) is 3.10. The number of aryl methyl sites for hydroxylation is 1. The van der Waals surface area contributed by atoms with Crippen LogP contribution in [0, 0.1) is 0 Å². The van der Waals surface area contributed by atoms with E-state index >= 15 is 0 Å². The van der Waals surface area contributed by atoms with Gasteiger partial charge in [0, 0.05) is 18.5 Å². The van der Waals surface area contributed by atoms with Crippen molar-refractivity contribution in [2.45, 2.75) is 25.9 Å². The van der Waals surface area contributed by atoms with Crippen molar-refractivity contribution in [2.75, 3.05) is 19.7 Å². The Bertz CT molecular complexity index is 887. The van der Waals surface area contributed by atoms with Gasteiger partial charge in [0.25, 0.3) is 5.91 Å². The van der Waals surface area contributed by atoms with E-state index in [1.165, 1.54) is 0 Å². The van der Waals surface area contributed by atoms with Gasteiger partial charge >= 0.3 is 0 Å². The highest BCUT2D eigenvalue weighted by Crippen LogP contribution is 2.21. The zero-order valence-electron chi connectivity index (χ0n) is 13.9. The van der Waals surface area contributed by atoms with Crippen molar-refractivity contribution < 1.29 is 9.53 Å². The number of H-pyrrole nitrogens is 2. The second-order valence-electron chi connectivity index (χ2n) is 6.03. The summed E-state index contributed by atoms with van der Waals surface area (Å²) in [5.41, 5.74) is 2.00. The molecular formula is C16H19N7O2. The topological polar surface area (TPSA) is 113 Å². The molecule has 1 aliphatic rings.